The van der Waals surface area contributed by atoms with Gasteiger partial charge in [-0.3, -0.25) is 9.79 Å². The van der Waals surface area contributed by atoms with Gasteiger partial charge in [-0.2, -0.15) is 13.2 Å². The van der Waals surface area contributed by atoms with Crippen LogP contribution in [0.1, 0.15) is 36.8 Å². The third kappa shape index (κ3) is 5.37. The van der Waals surface area contributed by atoms with E-state index in [0.29, 0.717) is 18.1 Å². The van der Waals surface area contributed by atoms with Gasteiger partial charge in [-0.25, -0.2) is 0 Å². The van der Waals surface area contributed by atoms with Crippen molar-refractivity contribution in [2.45, 2.75) is 38.4 Å². The zero-order chi connectivity index (χ0) is 20.1. The monoisotopic (exact) mass is 384 g/mol. The van der Waals surface area contributed by atoms with E-state index in [2.05, 4.69) is 15.6 Å². The summed E-state index contributed by atoms with van der Waals surface area (Å²) in [5.74, 6) is 0.561. The minimum atomic E-state index is -4.36. The number of aliphatic imine (C=N–C) groups is 1. The number of alkyl halides is 3. The zero-order valence-electron chi connectivity index (χ0n) is 16.0. The van der Waals surface area contributed by atoms with E-state index in [1.54, 1.807) is 32.1 Å². The summed E-state index contributed by atoms with van der Waals surface area (Å²) in [5, 5.41) is 6.19. The first-order chi connectivity index (χ1) is 12.7. The van der Waals surface area contributed by atoms with Gasteiger partial charge in [-0.05, 0) is 30.5 Å². The molecule has 5 nitrogen and oxygen atoms in total. The Hall–Kier alpha value is -2.25. The summed E-state index contributed by atoms with van der Waals surface area (Å²) in [5.41, 5.74) is -0.615. The first-order valence-electron chi connectivity index (χ1n) is 9.00. The predicted octanol–water partition coefficient (Wildman–Crippen LogP) is 3.02. The van der Waals surface area contributed by atoms with Crippen molar-refractivity contribution in [1.29, 1.82) is 0 Å². The summed E-state index contributed by atoms with van der Waals surface area (Å²) in [6, 6.07) is 5.18. The van der Waals surface area contributed by atoms with Crippen molar-refractivity contribution >= 4 is 11.9 Å². The molecule has 1 aliphatic carbocycles. The molecule has 0 bridgehead atoms. The highest BCUT2D eigenvalue weighted by Crippen LogP contribution is 2.38. The maximum Gasteiger partial charge on any atom is 0.416 e. The average molecular weight is 384 g/mol. The molecule has 27 heavy (non-hydrogen) atoms. The van der Waals surface area contributed by atoms with Crippen molar-refractivity contribution < 1.29 is 18.0 Å². The first kappa shape index (κ1) is 21.1. The molecule has 0 saturated heterocycles. The van der Waals surface area contributed by atoms with Crippen LogP contribution in [0, 0.1) is 5.41 Å². The van der Waals surface area contributed by atoms with Crippen molar-refractivity contribution in [2.24, 2.45) is 10.4 Å². The molecule has 2 rings (SSSR count). The Morgan fingerprint density at radius 2 is 1.89 bits per heavy atom. The van der Waals surface area contributed by atoms with Crippen LogP contribution in [0.3, 0.4) is 0 Å². The number of nitrogens with zero attached hydrogens (tertiary/aromatic N) is 2. The van der Waals surface area contributed by atoms with Gasteiger partial charge in [0.15, 0.2) is 5.96 Å². The Balaban J connectivity index is 1.97. The first-order valence-corrected chi connectivity index (χ1v) is 9.00. The fourth-order valence-electron chi connectivity index (χ4n) is 3.51. The molecule has 0 heterocycles. The second kappa shape index (κ2) is 8.63. The third-order valence-electron chi connectivity index (χ3n) is 4.95. The minimum Gasteiger partial charge on any atom is -0.355 e. The number of hydrogen-bond donors (Lipinski definition) is 2. The molecule has 0 atom stereocenters. The lowest BCUT2D eigenvalue weighted by Gasteiger charge is -2.31. The van der Waals surface area contributed by atoms with Crippen molar-refractivity contribution in [2.75, 3.05) is 27.7 Å². The standard InChI is InChI=1S/C19H27F3N4O/c1-23-17(24-12-14-7-6-8-15(11-14)19(20,21)22)25-13-18(9-4-5-10-18)16(27)26(2)3/h6-8,11H,4-5,9-10,12-13H2,1-3H3,(H2,23,24,25). The Bertz CT molecular complexity index is 680. The van der Waals surface area contributed by atoms with Crippen LogP contribution in [-0.2, 0) is 17.5 Å². The van der Waals surface area contributed by atoms with Crippen LogP contribution in [0.5, 0.6) is 0 Å². The lowest BCUT2D eigenvalue weighted by molar-refractivity contribution is -0.139. The van der Waals surface area contributed by atoms with Gasteiger partial charge in [-0.1, -0.05) is 25.0 Å². The molecule has 1 saturated carbocycles. The number of carbonyl (C=O) groups is 1. The van der Waals surface area contributed by atoms with E-state index in [0.717, 1.165) is 37.8 Å². The van der Waals surface area contributed by atoms with E-state index in [1.165, 1.54) is 6.07 Å². The number of benzene rings is 1. The maximum atomic E-state index is 12.8. The van der Waals surface area contributed by atoms with Crippen molar-refractivity contribution in [3.63, 3.8) is 0 Å². The molecule has 1 amide bonds. The molecule has 8 heteroatoms. The molecule has 0 radical (unpaired) electrons. The van der Waals surface area contributed by atoms with Crippen molar-refractivity contribution in [3.8, 4) is 0 Å². The van der Waals surface area contributed by atoms with E-state index < -0.39 is 17.2 Å². The number of carbonyl (C=O) groups excluding carboxylic acids is 1. The van der Waals surface area contributed by atoms with Crippen molar-refractivity contribution in [1.82, 2.24) is 15.5 Å². The quantitative estimate of drug-likeness (QED) is 0.606. The molecule has 1 aromatic carbocycles. The molecule has 0 spiro atoms. The van der Waals surface area contributed by atoms with Gasteiger partial charge in [0, 0.05) is 34.2 Å². The van der Waals surface area contributed by atoms with Gasteiger partial charge < -0.3 is 15.5 Å². The summed E-state index contributed by atoms with van der Waals surface area (Å²) in [6.45, 7) is 0.657. The average Bonchev–Trinajstić information content (AvgIpc) is 3.10. The highest BCUT2D eigenvalue weighted by molar-refractivity contribution is 5.85. The molecule has 1 aromatic rings. The van der Waals surface area contributed by atoms with E-state index in [-0.39, 0.29) is 12.5 Å². The maximum absolute atomic E-state index is 12.8. The van der Waals surface area contributed by atoms with Gasteiger partial charge in [0.1, 0.15) is 0 Å². The minimum absolute atomic E-state index is 0.0980. The molecule has 2 N–H and O–H groups in total. The third-order valence-corrected chi connectivity index (χ3v) is 4.95. The fraction of sp³-hybridized carbons (Fsp3) is 0.579. The molecular formula is C19H27F3N4O. The Labute approximate surface area is 158 Å². The topological polar surface area (TPSA) is 56.7 Å². The lowest BCUT2D eigenvalue weighted by atomic mass is 9.84. The van der Waals surface area contributed by atoms with Crippen LogP contribution >= 0.6 is 0 Å². The number of nitrogens with one attached hydrogen (secondary N) is 2. The summed E-state index contributed by atoms with van der Waals surface area (Å²) in [4.78, 5) is 18.3. The summed E-state index contributed by atoms with van der Waals surface area (Å²) < 4.78 is 38.5. The molecule has 1 aliphatic rings. The van der Waals surface area contributed by atoms with Crippen LogP contribution < -0.4 is 10.6 Å². The van der Waals surface area contributed by atoms with E-state index in [1.807, 2.05) is 0 Å². The molecule has 1 fully saturated rings. The van der Waals surface area contributed by atoms with Gasteiger partial charge in [0.25, 0.3) is 0 Å². The van der Waals surface area contributed by atoms with Gasteiger partial charge in [0.2, 0.25) is 5.91 Å². The number of guanidine groups is 1. The summed E-state index contributed by atoms with van der Waals surface area (Å²) in [7, 11) is 5.10. The fourth-order valence-corrected chi connectivity index (χ4v) is 3.51. The van der Waals surface area contributed by atoms with Crippen LogP contribution in [0.25, 0.3) is 0 Å². The van der Waals surface area contributed by atoms with Crippen LogP contribution in [-0.4, -0.2) is 44.5 Å². The largest absolute Gasteiger partial charge is 0.416 e. The molecule has 0 aromatic heterocycles. The molecular weight excluding hydrogens is 357 g/mol. The molecule has 0 unspecified atom stereocenters. The zero-order valence-corrected chi connectivity index (χ0v) is 16.0. The lowest BCUT2D eigenvalue weighted by Crippen LogP contribution is -2.49. The highest BCUT2D eigenvalue weighted by Gasteiger charge is 2.42. The van der Waals surface area contributed by atoms with Crippen LogP contribution in [0.2, 0.25) is 0 Å². The number of amides is 1. The SMILES string of the molecule is CN=C(NCc1cccc(C(F)(F)F)c1)NCC1(C(=O)N(C)C)CCCC1. The number of halogens is 3. The van der Waals surface area contributed by atoms with Crippen molar-refractivity contribution in [3.05, 3.63) is 35.4 Å². The van der Waals surface area contributed by atoms with E-state index in [4.69, 9.17) is 0 Å². The smallest absolute Gasteiger partial charge is 0.355 e. The van der Waals surface area contributed by atoms with Crippen LogP contribution in [0.4, 0.5) is 13.2 Å². The second-order valence-corrected chi connectivity index (χ2v) is 7.16. The summed E-state index contributed by atoms with van der Waals surface area (Å²) >= 11 is 0. The summed E-state index contributed by atoms with van der Waals surface area (Å²) in [6.07, 6.45) is -0.699. The number of hydrogen-bond acceptors (Lipinski definition) is 2. The Morgan fingerprint density at radius 3 is 2.44 bits per heavy atom. The predicted molar refractivity (Wildman–Crippen MR) is 99.2 cm³/mol. The number of rotatable bonds is 5. The highest BCUT2D eigenvalue weighted by atomic mass is 19.4. The van der Waals surface area contributed by atoms with Gasteiger partial charge in [0.05, 0.1) is 11.0 Å². The van der Waals surface area contributed by atoms with Crippen LogP contribution in [0.15, 0.2) is 29.3 Å². The van der Waals surface area contributed by atoms with E-state index >= 15 is 0 Å². The van der Waals surface area contributed by atoms with Gasteiger partial charge >= 0.3 is 6.18 Å². The van der Waals surface area contributed by atoms with Gasteiger partial charge in [-0.15, -0.1) is 0 Å². The Kier molecular flexibility index (Phi) is 6.73. The Morgan fingerprint density at radius 1 is 1.22 bits per heavy atom. The van der Waals surface area contributed by atoms with E-state index in [9.17, 15) is 18.0 Å². The second-order valence-electron chi connectivity index (χ2n) is 7.16. The normalized spacial score (nSPS) is 16.9. The molecule has 150 valence electrons. The molecule has 0 aliphatic heterocycles.